The number of hydrogen-bond acceptors (Lipinski definition) is 5. The summed E-state index contributed by atoms with van der Waals surface area (Å²) in [7, 11) is 0. The van der Waals surface area contributed by atoms with Crippen molar-refractivity contribution in [3.05, 3.63) is 74.7 Å². The number of nitrogens with zero attached hydrogens (tertiary/aromatic N) is 4. The minimum atomic E-state index is 0.380. The van der Waals surface area contributed by atoms with Gasteiger partial charge in [0.2, 0.25) is 11.8 Å². The van der Waals surface area contributed by atoms with Gasteiger partial charge in [0.15, 0.2) is 5.69 Å². The molecule has 3 aromatic rings. The lowest BCUT2D eigenvalue weighted by Gasteiger charge is -2.15. The Morgan fingerprint density at radius 1 is 1.11 bits per heavy atom. The summed E-state index contributed by atoms with van der Waals surface area (Å²) in [5.74, 6) is 1.43. The van der Waals surface area contributed by atoms with Crippen LogP contribution in [0.5, 0.6) is 11.6 Å². The number of halogens is 1. The van der Waals surface area contributed by atoms with Crippen molar-refractivity contribution in [2.45, 2.75) is 20.8 Å². The van der Waals surface area contributed by atoms with Gasteiger partial charge in [-0.2, -0.15) is 10.2 Å². The van der Waals surface area contributed by atoms with E-state index in [0.717, 1.165) is 16.8 Å². The topological polar surface area (TPSA) is 75.2 Å². The minimum Gasteiger partial charge on any atom is -0.437 e. The van der Waals surface area contributed by atoms with Gasteiger partial charge in [0.25, 0.3) is 0 Å². The Labute approximate surface area is 171 Å². The first-order valence-electron chi connectivity index (χ1n) is 8.39. The number of nitrogens with one attached hydrogen (secondary N) is 1. The molecule has 0 spiro atoms. The van der Waals surface area contributed by atoms with Crippen LogP contribution in [0.25, 0.3) is 4.85 Å². The predicted octanol–water partition coefficient (Wildman–Crippen LogP) is 6.12. The molecular formula is C21H16BrN5O. The van der Waals surface area contributed by atoms with Crippen molar-refractivity contribution in [1.82, 2.24) is 9.97 Å². The molecule has 0 fully saturated rings. The largest absolute Gasteiger partial charge is 0.437 e. The van der Waals surface area contributed by atoms with E-state index in [2.05, 4.69) is 42.1 Å². The fraction of sp³-hybridized carbons (Fsp3) is 0.143. The molecule has 7 heteroatoms. The van der Waals surface area contributed by atoms with Gasteiger partial charge in [-0.15, -0.1) is 0 Å². The molecule has 0 saturated carbocycles. The Morgan fingerprint density at radius 3 is 2.32 bits per heavy atom. The van der Waals surface area contributed by atoms with Crippen LogP contribution in [0.2, 0.25) is 0 Å². The molecule has 0 aliphatic carbocycles. The molecule has 0 radical (unpaired) electrons. The van der Waals surface area contributed by atoms with Gasteiger partial charge in [-0.1, -0.05) is 0 Å². The van der Waals surface area contributed by atoms with Gasteiger partial charge in [-0.25, -0.2) is 9.83 Å². The summed E-state index contributed by atoms with van der Waals surface area (Å²) in [6.45, 7) is 12.8. The Morgan fingerprint density at radius 2 is 1.75 bits per heavy atom. The summed E-state index contributed by atoms with van der Waals surface area (Å²) in [6, 6.07) is 12.7. The van der Waals surface area contributed by atoms with Crippen LogP contribution in [-0.4, -0.2) is 9.97 Å². The SMILES string of the molecule is [C-]#[N+]c1cc(C)c(Oc2nc(Nc3ccc(C#N)cc3)nc(C)c2Br)c(C)c1. The summed E-state index contributed by atoms with van der Waals surface area (Å²) in [6.07, 6.45) is 0. The molecule has 1 heterocycles. The van der Waals surface area contributed by atoms with E-state index >= 15 is 0 Å². The highest BCUT2D eigenvalue weighted by Gasteiger charge is 2.15. The van der Waals surface area contributed by atoms with Crippen LogP contribution in [0.3, 0.4) is 0 Å². The van der Waals surface area contributed by atoms with Gasteiger partial charge in [0.05, 0.1) is 23.9 Å². The zero-order valence-electron chi connectivity index (χ0n) is 15.5. The van der Waals surface area contributed by atoms with Gasteiger partial charge in [-0.05, 0) is 84.2 Å². The highest BCUT2D eigenvalue weighted by Crippen LogP contribution is 2.36. The average molecular weight is 434 g/mol. The van der Waals surface area contributed by atoms with Crippen molar-refractivity contribution in [2.75, 3.05) is 5.32 Å². The molecule has 0 aliphatic rings. The summed E-state index contributed by atoms with van der Waals surface area (Å²) < 4.78 is 6.74. The monoisotopic (exact) mass is 433 g/mol. The predicted molar refractivity (Wildman–Crippen MR) is 111 cm³/mol. The second-order valence-electron chi connectivity index (χ2n) is 6.19. The van der Waals surface area contributed by atoms with E-state index in [1.165, 1.54) is 0 Å². The van der Waals surface area contributed by atoms with Crippen LogP contribution in [0.1, 0.15) is 22.4 Å². The Bertz CT molecular complexity index is 1100. The number of rotatable bonds is 4. The molecule has 1 aromatic heterocycles. The van der Waals surface area contributed by atoms with Crippen LogP contribution in [0.15, 0.2) is 40.9 Å². The summed E-state index contributed by atoms with van der Waals surface area (Å²) >= 11 is 3.49. The van der Waals surface area contributed by atoms with Crippen molar-refractivity contribution in [3.8, 4) is 17.7 Å². The molecule has 0 atom stereocenters. The standard InChI is InChI=1S/C21H16BrN5O/c1-12-9-17(24-4)10-13(2)19(12)28-20-18(22)14(3)25-21(27-20)26-16-7-5-15(11-23)6-8-16/h5-10H,1-3H3,(H,25,26,27). The Balaban J connectivity index is 1.94. The first-order valence-corrected chi connectivity index (χ1v) is 9.18. The maximum absolute atomic E-state index is 8.91. The quantitative estimate of drug-likeness (QED) is 0.501. The van der Waals surface area contributed by atoms with E-state index in [-0.39, 0.29) is 0 Å². The molecule has 6 nitrogen and oxygen atoms in total. The molecular weight excluding hydrogens is 418 g/mol. The lowest BCUT2D eigenvalue weighted by atomic mass is 10.1. The Hall–Kier alpha value is -3.42. The average Bonchev–Trinajstić information content (AvgIpc) is 2.68. The van der Waals surface area contributed by atoms with Gasteiger partial charge >= 0.3 is 0 Å². The van der Waals surface area contributed by atoms with Crippen molar-refractivity contribution in [2.24, 2.45) is 0 Å². The molecule has 1 N–H and O–H groups in total. The smallest absolute Gasteiger partial charge is 0.238 e. The van der Waals surface area contributed by atoms with Gasteiger partial charge in [0, 0.05) is 5.69 Å². The number of benzene rings is 2. The number of nitriles is 1. The van der Waals surface area contributed by atoms with Crippen LogP contribution in [0, 0.1) is 38.7 Å². The maximum Gasteiger partial charge on any atom is 0.238 e. The van der Waals surface area contributed by atoms with E-state index in [1.54, 1.807) is 36.4 Å². The van der Waals surface area contributed by atoms with Gasteiger partial charge < -0.3 is 10.1 Å². The van der Waals surface area contributed by atoms with Crippen molar-refractivity contribution in [1.29, 1.82) is 5.26 Å². The highest BCUT2D eigenvalue weighted by molar-refractivity contribution is 9.10. The number of hydrogen-bond donors (Lipinski definition) is 1. The molecule has 0 saturated heterocycles. The van der Waals surface area contributed by atoms with E-state index in [0.29, 0.717) is 39.0 Å². The third-order valence-corrected chi connectivity index (χ3v) is 4.94. The summed E-state index contributed by atoms with van der Waals surface area (Å²) in [5.41, 5.74) is 4.35. The fourth-order valence-corrected chi connectivity index (χ4v) is 2.92. The first-order chi connectivity index (χ1) is 13.4. The summed E-state index contributed by atoms with van der Waals surface area (Å²) in [4.78, 5) is 12.4. The lowest BCUT2D eigenvalue weighted by Crippen LogP contribution is -2.03. The maximum atomic E-state index is 8.91. The van der Waals surface area contributed by atoms with E-state index in [1.807, 2.05) is 20.8 Å². The third-order valence-electron chi connectivity index (χ3n) is 4.03. The zero-order valence-corrected chi connectivity index (χ0v) is 17.1. The van der Waals surface area contributed by atoms with Gasteiger partial charge in [-0.3, -0.25) is 0 Å². The second-order valence-corrected chi connectivity index (χ2v) is 6.98. The highest BCUT2D eigenvalue weighted by atomic mass is 79.9. The Kier molecular flexibility index (Phi) is 5.58. The molecule has 3 rings (SSSR count). The van der Waals surface area contributed by atoms with E-state index < -0.39 is 0 Å². The fourth-order valence-electron chi connectivity index (χ4n) is 2.66. The number of ether oxygens (including phenoxy) is 1. The molecule has 138 valence electrons. The lowest BCUT2D eigenvalue weighted by molar-refractivity contribution is 0.451. The second kappa shape index (κ2) is 8.08. The molecule has 28 heavy (non-hydrogen) atoms. The molecule has 0 amide bonds. The summed E-state index contributed by atoms with van der Waals surface area (Å²) in [5, 5.41) is 12.0. The van der Waals surface area contributed by atoms with E-state index in [9.17, 15) is 0 Å². The zero-order chi connectivity index (χ0) is 20.3. The third kappa shape index (κ3) is 4.11. The van der Waals surface area contributed by atoms with Crippen molar-refractivity contribution < 1.29 is 4.74 Å². The van der Waals surface area contributed by atoms with Crippen LogP contribution >= 0.6 is 15.9 Å². The first kappa shape index (κ1) is 19.3. The molecule has 0 bridgehead atoms. The molecule has 2 aromatic carbocycles. The number of aryl methyl sites for hydroxylation is 3. The van der Waals surface area contributed by atoms with E-state index in [4.69, 9.17) is 16.6 Å². The minimum absolute atomic E-state index is 0.380. The molecule has 0 aliphatic heterocycles. The van der Waals surface area contributed by atoms with Crippen LogP contribution in [0.4, 0.5) is 17.3 Å². The molecule has 0 unspecified atom stereocenters. The number of aromatic nitrogens is 2. The van der Waals surface area contributed by atoms with Crippen LogP contribution in [-0.2, 0) is 0 Å². The number of anilines is 2. The normalized spacial score (nSPS) is 10.1. The van der Waals surface area contributed by atoms with Gasteiger partial charge in [0.1, 0.15) is 10.2 Å². The van der Waals surface area contributed by atoms with Crippen molar-refractivity contribution >= 4 is 33.3 Å². The van der Waals surface area contributed by atoms with Crippen LogP contribution < -0.4 is 10.1 Å². The van der Waals surface area contributed by atoms with Crippen molar-refractivity contribution in [3.63, 3.8) is 0 Å².